The third-order valence-electron chi connectivity index (χ3n) is 2.16. The fourth-order valence-corrected chi connectivity index (χ4v) is 1.59. The molecule has 21 heavy (non-hydrogen) atoms. The van der Waals surface area contributed by atoms with E-state index in [1.807, 2.05) is 19.9 Å². The molecule has 122 valence electrons. The van der Waals surface area contributed by atoms with Crippen molar-refractivity contribution < 1.29 is 19.1 Å². The second kappa shape index (κ2) is 6.96. The lowest BCUT2D eigenvalue weighted by molar-refractivity contribution is -0.00235. The van der Waals surface area contributed by atoms with Gasteiger partial charge in [-0.1, -0.05) is 11.6 Å². The van der Waals surface area contributed by atoms with Crippen molar-refractivity contribution in [1.82, 2.24) is 4.90 Å². The Hall–Kier alpha value is -1.52. The monoisotopic (exact) mass is 299 g/mol. The molecule has 0 aromatic rings. The number of ether oxygens (including phenoxy) is 2. The molecule has 0 radical (unpaired) electrons. The van der Waals surface area contributed by atoms with Gasteiger partial charge in [0.05, 0.1) is 6.04 Å². The van der Waals surface area contributed by atoms with Gasteiger partial charge in [-0.05, 0) is 62.3 Å². The van der Waals surface area contributed by atoms with E-state index in [0.29, 0.717) is 0 Å². The van der Waals surface area contributed by atoms with Crippen LogP contribution in [0, 0.1) is 0 Å². The molecule has 0 N–H and O–H groups in total. The molecule has 0 aliphatic heterocycles. The van der Waals surface area contributed by atoms with Gasteiger partial charge in [-0.15, -0.1) is 0 Å². The zero-order valence-electron chi connectivity index (χ0n) is 14.7. The van der Waals surface area contributed by atoms with Crippen molar-refractivity contribution in [3.63, 3.8) is 0 Å². The first-order chi connectivity index (χ1) is 9.23. The molecule has 5 heteroatoms. The summed E-state index contributed by atoms with van der Waals surface area (Å²) in [6, 6.07) is -0.445. The molecule has 0 aliphatic carbocycles. The van der Waals surface area contributed by atoms with Gasteiger partial charge in [-0.2, -0.15) is 0 Å². The Bertz CT molecular complexity index is 381. The second-order valence-corrected chi connectivity index (χ2v) is 7.32. The fourth-order valence-electron chi connectivity index (χ4n) is 1.59. The zero-order chi connectivity index (χ0) is 17.0. The third-order valence-corrected chi connectivity index (χ3v) is 2.16. The minimum atomic E-state index is -0.707. The van der Waals surface area contributed by atoms with Gasteiger partial charge in [0.1, 0.15) is 11.2 Å². The van der Waals surface area contributed by atoms with E-state index in [1.165, 1.54) is 0 Å². The number of carbonyl (C=O) groups is 2. The SMILES string of the molecule is CC(C)=CC(C)N(C(=O)OC(C)(C)C)C(=O)OC(C)(C)C. The highest BCUT2D eigenvalue weighted by molar-refractivity contribution is 5.88. The quantitative estimate of drug-likeness (QED) is 0.704. The Morgan fingerprint density at radius 1 is 0.905 bits per heavy atom. The molecule has 0 rings (SSSR count). The number of hydrogen-bond donors (Lipinski definition) is 0. The van der Waals surface area contributed by atoms with Crippen molar-refractivity contribution in [3.05, 3.63) is 11.6 Å². The lowest BCUT2D eigenvalue weighted by Gasteiger charge is -2.31. The van der Waals surface area contributed by atoms with Crippen LogP contribution in [0.1, 0.15) is 62.3 Å². The van der Waals surface area contributed by atoms with E-state index in [2.05, 4.69) is 0 Å². The van der Waals surface area contributed by atoms with Crippen LogP contribution in [0.3, 0.4) is 0 Å². The Labute approximate surface area is 128 Å². The average molecular weight is 299 g/mol. The van der Waals surface area contributed by atoms with Crippen LogP contribution in [0.5, 0.6) is 0 Å². The average Bonchev–Trinajstić information content (AvgIpc) is 2.08. The van der Waals surface area contributed by atoms with E-state index >= 15 is 0 Å². The maximum absolute atomic E-state index is 12.3. The molecule has 0 saturated heterocycles. The lowest BCUT2D eigenvalue weighted by Crippen LogP contribution is -2.47. The molecule has 0 aromatic heterocycles. The molecule has 1 unspecified atom stereocenters. The number of amides is 2. The summed E-state index contributed by atoms with van der Waals surface area (Å²) >= 11 is 0. The van der Waals surface area contributed by atoms with Crippen molar-refractivity contribution in [2.24, 2.45) is 0 Å². The summed E-state index contributed by atoms with van der Waals surface area (Å²) in [5, 5.41) is 0. The normalized spacial score (nSPS) is 13.2. The molecule has 0 bridgehead atoms. The molecule has 5 nitrogen and oxygen atoms in total. The molecule has 0 fully saturated rings. The molecule has 2 amide bonds. The summed E-state index contributed by atoms with van der Waals surface area (Å²) in [7, 11) is 0. The van der Waals surface area contributed by atoms with Crippen molar-refractivity contribution in [3.8, 4) is 0 Å². The summed E-state index contributed by atoms with van der Waals surface area (Å²) in [6.07, 6.45) is 0.400. The van der Waals surface area contributed by atoms with Gasteiger partial charge in [0.25, 0.3) is 0 Å². The highest BCUT2D eigenvalue weighted by Crippen LogP contribution is 2.17. The molecular weight excluding hydrogens is 270 g/mol. The number of carbonyl (C=O) groups excluding carboxylic acids is 2. The second-order valence-electron chi connectivity index (χ2n) is 7.32. The Balaban J connectivity index is 5.33. The predicted octanol–water partition coefficient (Wildman–Crippen LogP) is 4.51. The number of hydrogen-bond acceptors (Lipinski definition) is 4. The molecule has 0 aliphatic rings. The van der Waals surface area contributed by atoms with Gasteiger partial charge >= 0.3 is 12.2 Å². The summed E-state index contributed by atoms with van der Waals surface area (Å²) in [5.41, 5.74) is -0.357. The number of allylic oxidation sites excluding steroid dienone is 1. The first kappa shape index (κ1) is 19.5. The Morgan fingerprint density at radius 2 is 1.24 bits per heavy atom. The lowest BCUT2D eigenvalue weighted by atomic mass is 10.2. The molecule has 0 spiro atoms. The summed E-state index contributed by atoms with van der Waals surface area (Å²) in [5.74, 6) is 0. The number of nitrogens with zero attached hydrogens (tertiary/aromatic N) is 1. The molecule has 1 atom stereocenters. The largest absolute Gasteiger partial charge is 0.443 e. The van der Waals surface area contributed by atoms with Gasteiger partial charge in [0.15, 0.2) is 0 Å². The van der Waals surface area contributed by atoms with Crippen LogP contribution >= 0.6 is 0 Å². The summed E-state index contributed by atoms with van der Waals surface area (Å²) in [4.78, 5) is 25.6. The van der Waals surface area contributed by atoms with Crippen molar-refractivity contribution in [2.75, 3.05) is 0 Å². The standard InChI is InChI=1S/C16H29NO4/c1-11(2)10-12(3)17(13(18)20-15(4,5)6)14(19)21-16(7,8)9/h10,12H,1-9H3. The fraction of sp³-hybridized carbons (Fsp3) is 0.750. The van der Waals surface area contributed by atoms with Gasteiger partial charge in [0.2, 0.25) is 0 Å². The topological polar surface area (TPSA) is 55.8 Å². The van der Waals surface area contributed by atoms with Crippen molar-refractivity contribution in [1.29, 1.82) is 0 Å². The molecule has 0 aromatic carbocycles. The maximum atomic E-state index is 12.3. The van der Waals surface area contributed by atoms with Crippen molar-refractivity contribution >= 4 is 12.2 Å². The minimum Gasteiger partial charge on any atom is -0.443 e. The smallest absolute Gasteiger partial charge is 0.420 e. The molecule has 0 heterocycles. The number of rotatable bonds is 2. The van der Waals surface area contributed by atoms with Crippen LogP contribution in [0.4, 0.5) is 9.59 Å². The van der Waals surface area contributed by atoms with Gasteiger partial charge in [-0.25, -0.2) is 14.5 Å². The summed E-state index contributed by atoms with van der Waals surface area (Å²) < 4.78 is 10.6. The van der Waals surface area contributed by atoms with Crippen LogP contribution < -0.4 is 0 Å². The number of imide groups is 1. The van der Waals surface area contributed by atoms with Crippen LogP contribution in [0.25, 0.3) is 0 Å². The highest BCUT2D eigenvalue weighted by atomic mass is 16.6. The van der Waals surface area contributed by atoms with E-state index in [0.717, 1.165) is 10.5 Å². The van der Waals surface area contributed by atoms with Gasteiger partial charge < -0.3 is 9.47 Å². The first-order valence-corrected chi connectivity index (χ1v) is 7.13. The van der Waals surface area contributed by atoms with Crippen LogP contribution in [0.15, 0.2) is 11.6 Å². The van der Waals surface area contributed by atoms with Crippen LogP contribution in [-0.2, 0) is 9.47 Å². The Morgan fingerprint density at radius 3 is 1.48 bits per heavy atom. The Kier molecular flexibility index (Phi) is 6.46. The van der Waals surface area contributed by atoms with Crippen molar-refractivity contribution in [2.45, 2.75) is 79.6 Å². The van der Waals surface area contributed by atoms with Gasteiger partial charge in [0, 0.05) is 0 Å². The first-order valence-electron chi connectivity index (χ1n) is 7.13. The highest BCUT2D eigenvalue weighted by Gasteiger charge is 2.33. The molecular formula is C16H29NO4. The van der Waals surface area contributed by atoms with E-state index in [9.17, 15) is 9.59 Å². The van der Waals surface area contributed by atoms with E-state index in [-0.39, 0.29) is 0 Å². The zero-order valence-corrected chi connectivity index (χ0v) is 14.7. The van der Waals surface area contributed by atoms with Crippen LogP contribution in [-0.4, -0.2) is 34.3 Å². The predicted molar refractivity (Wildman–Crippen MR) is 83.2 cm³/mol. The molecule has 0 saturated carbocycles. The van der Waals surface area contributed by atoms with Crippen LogP contribution in [0.2, 0.25) is 0 Å². The van der Waals surface area contributed by atoms with E-state index < -0.39 is 29.4 Å². The third kappa shape index (κ3) is 8.38. The van der Waals surface area contributed by atoms with E-state index in [1.54, 1.807) is 48.5 Å². The minimum absolute atomic E-state index is 0.445. The van der Waals surface area contributed by atoms with E-state index in [4.69, 9.17) is 9.47 Å². The van der Waals surface area contributed by atoms with Gasteiger partial charge in [-0.3, -0.25) is 0 Å². The summed E-state index contributed by atoms with van der Waals surface area (Å²) in [6.45, 7) is 16.1. The maximum Gasteiger partial charge on any atom is 0.420 e.